The molecule has 0 aliphatic carbocycles. The van der Waals surface area contributed by atoms with Crippen molar-refractivity contribution in [3.05, 3.63) is 29.8 Å². The lowest BCUT2D eigenvalue weighted by Crippen LogP contribution is -2.39. The van der Waals surface area contributed by atoms with E-state index >= 15 is 0 Å². The highest BCUT2D eigenvalue weighted by Gasteiger charge is 2.09. The monoisotopic (exact) mass is 500 g/mol. The number of rotatable bonds is 10. The zero-order valence-corrected chi connectivity index (χ0v) is 19.1. The maximum atomic E-state index is 5.39. The third-order valence-corrected chi connectivity index (χ3v) is 4.30. The fourth-order valence-electron chi connectivity index (χ4n) is 2.85. The van der Waals surface area contributed by atoms with Crippen LogP contribution in [-0.4, -0.2) is 69.9 Å². The average Bonchev–Trinajstić information content (AvgIpc) is 2.71. The Hall–Kier alpha value is -1.50. The molecule has 2 N–H and O–H groups in total. The Balaban J connectivity index is 0.00000392. The van der Waals surface area contributed by atoms with Crippen LogP contribution < -0.4 is 15.4 Å². The summed E-state index contributed by atoms with van der Waals surface area (Å²) in [6.45, 7) is 9.76. The number of hydrogen-bond acceptors (Lipinski definition) is 4. The van der Waals surface area contributed by atoms with Crippen molar-refractivity contribution < 1.29 is 9.47 Å². The summed E-state index contributed by atoms with van der Waals surface area (Å²) in [5.74, 6) is 4.16. The van der Waals surface area contributed by atoms with Crippen LogP contribution in [0.2, 0.25) is 0 Å². The number of guanidine groups is 1. The fraction of sp³-hybridized carbons (Fsp3) is 0.571. The molecule has 0 unspecified atom stereocenters. The molecule has 1 aliphatic rings. The molecule has 0 radical (unpaired) electrons. The second-order valence-electron chi connectivity index (χ2n) is 6.38. The van der Waals surface area contributed by atoms with Crippen molar-refractivity contribution in [3.8, 4) is 18.1 Å². The first-order valence-corrected chi connectivity index (χ1v) is 9.79. The van der Waals surface area contributed by atoms with Crippen molar-refractivity contribution in [1.82, 2.24) is 15.5 Å². The van der Waals surface area contributed by atoms with E-state index in [-0.39, 0.29) is 24.0 Å². The van der Waals surface area contributed by atoms with Gasteiger partial charge in [-0.15, -0.1) is 30.4 Å². The Morgan fingerprint density at radius 2 is 2.00 bits per heavy atom. The molecule has 1 fully saturated rings. The molecular weight excluding hydrogens is 467 g/mol. The van der Waals surface area contributed by atoms with Crippen LogP contribution in [-0.2, 0) is 11.2 Å². The predicted molar refractivity (Wildman–Crippen MR) is 126 cm³/mol. The molecule has 1 saturated heterocycles. The first kappa shape index (κ1) is 24.5. The lowest BCUT2D eigenvalue weighted by atomic mass is 10.1. The van der Waals surface area contributed by atoms with Crippen LogP contribution in [0.1, 0.15) is 18.9 Å². The number of nitrogens with one attached hydrogen (secondary N) is 2. The smallest absolute Gasteiger partial charge is 0.191 e. The largest absolute Gasteiger partial charge is 0.481 e. The molecule has 6 nitrogen and oxygen atoms in total. The van der Waals surface area contributed by atoms with Gasteiger partial charge in [-0.3, -0.25) is 9.89 Å². The third kappa shape index (κ3) is 10.2. The lowest BCUT2D eigenvalue weighted by molar-refractivity contribution is 0.0377. The van der Waals surface area contributed by atoms with E-state index in [1.54, 1.807) is 0 Å². The molecule has 1 heterocycles. The number of ether oxygens (including phenoxy) is 2. The van der Waals surface area contributed by atoms with E-state index in [0.717, 1.165) is 77.0 Å². The van der Waals surface area contributed by atoms with E-state index in [1.165, 1.54) is 5.56 Å². The zero-order chi connectivity index (χ0) is 19.2. The Labute approximate surface area is 186 Å². The van der Waals surface area contributed by atoms with Crippen molar-refractivity contribution in [1.29, 1.82) is 0 Å². The molecule has 2 rings (SSSR count). The van der Waals surface area contributed by atoms with Crippen LogP contribution in [0, 0.1) is 12.3 Å². The van der Waals surface area contributed by atoms with Crippen molar-refractivity contribution in [2.45, 2.75) is 19.8 Å². The number of aliphatic imine (C=N–C) groups is 1. The van der Waals surface area contributed by atoms with E-state index in [9.17, 15) is 0 Å². The minimum atomic E-state index is 0. The summed E-state index contributed by atoms with van der Waals surface area (Å²) in [6, 6.07) is 8.05. The number of nitrogens with zero attached hydrogens (tertiary/aromatic N) is 2. The van der Waals surface area contributed by atoms with Gasteiger partial charge in [0.05, 0.1) is 13.2 Å². The Morgan fingerprint density at radius 3 is 2.68 bits per heavy atom. The Kier molecular flexibility index (Phi) is 13.5. The van der Waals surface area contributed by atoms with Gasteiger partial charge in [-0.1, -0.05) is 18.1 Å². The number of morpholine rings is 1. The van der Waals surface area contributed by atoms with E-state index in [2.05, 4.69) is 45.5 Å². The second-order valence-corrected chi connectivity index (χ2v) is 6.38. The van der Waals surface area contributed by atoms with Gasteiger partial charge in [-0.25, -0.2) is 0 Å². The molecule has 7 heteroatoms. The molecule has 1 aromatic carbocycles. The maximum Gasteiger partial charge on any atom is 0.191 e. The minimum absolute atomic E-state index is 0. The number of benzene rings is 1. The average molecular weight is 500 g/mol. The highest BCUT2D eigenvalue weighted by molar-refractivity contribution is 14.0. The Bertz CT molecular complexity index is 595. The minimum Gasteiger partial charge on any atom is -0.481 e. The lowest BCUT2D eigenvalue weighted by Gasteiger charge is -2.26. The first-order valence-electron chi connectivity index (χ1n) is 9.79. The summed E-state index contributed by atoms with van der Waals surface area (Å²) < 4.78 is 10.8. The topological polar surface area (TPSA) is 58.1 Å². The van der Waals surface area contributed by atoms with Crippen molar-refractivity contribution in [2.24, 2.45) is 4.99 Å². The van der Waals surface area contributed by atoms with Crippen LogP contribution in [0.4, 0.5) is 0 Å². The highest BCUT2D eigenvalue weighted by atomic mass is 127. The normalized spacial score (nSPS) is 14.6. The second kappa shape index (κ2) is 15.4. The van der Waals surface area contributed by atoms with Gasteiger partial charge < -0.3 is 20.1 Å². The summed E-state index contributed by atoms with van der Waals surface area (Å²) >= 11 is 0. The van der Waals surface area contributed by atoms with Crippen LogP contribution in [0.5, 0.6) is 5.75 Å². The van der Waals surface area contributed by atoms with Gasteiger partial charge in [-0.05, 0) is 37.5 Å². The molecular formula is C21H33IN4O2. The molecule has 0 saturated carbocycles. The maximum absolute atomic E-state index is 5.39. The van der Waals surface area contributed by atoms with E-state index < -0.39 is 0 Å². The number of terminal acetylenes is 1. The van der Waals surface area contributed by atoms with Crippen LogP contribution in [0.3, 0.4) is 0 Å². The van der Waals surface area contributed by atoms with E-state index in [1.807, 2.05) is 12.1 Å². The van der Waals surface area contributed by atoms with Gasteiger partial charge in [0.2, 0.25) is 0 Å². The molecule has 1 aliphatic heterocycles. The summed E-state index contributed by atoms with van der Waals surface area (Å²) in [6.07, 6.45) is 7.19. The molecule has 0 amide bonds. The van der Waals surface area contributed by atoms with Gasteiger partial charge in [0.15, 0.2) is 5.96 Å². The van der Waals surface area contributed by atoms with Gasteiger partial charge in [0.1, 0.15) is 12.4 Å². The molecule has 0 atom stereocenters. The molecule has 1 aromatic rings. The van der Waals surface area contributed by atoms with Crippen molar-refractivity contribution in [3.63, 3.8) is 0 Å². The van der Waals surface area contributed by atoms with Crippen molar-refractivity contribution in [2.75, 3.05) is 59.1 Å². The Morgan fingerprint density at radius 1 is 1.25 bits per heavy atom. The molecule has 0 bridgehead atoms. The predicted octanol–water partition coefficient (Wildman–Crippen LogP) is 2.14. The van der Waals surface area contributed by atoms with Gasteiger partial charge >= 0.3 is 0 Å². The summed E-state index contributed by atoms with van der Waals surface area (Å²) in [7, 11) is 0. The van der Waals surface area contributed by atoms with Crippen molar-refractivity contribution >= 4 is 29.9 Å². The summed E-state index contributed by atoms with van der Waals surface area (Å²) in [4.78, 5) is 7.12. The molecule has 0 spiro atoms. The van der Waals surface area contributed by atoms with Crippen LogP contribution >= 0.6 is 24.0 Å². The van der Waals surface area contributed by atoms with Gasteiger partial charge in [0, 0.05) is 39.3 Å². The summed E-state index contributed by atoms with van der Waals surface area (Å²) in [5.41, 5.74) is 1.25. The summed E-state index contributed by atoms with van der Waals surface area (Å²) in [5, 5.41) is 6.71. The number of hydrogen-bond donors (Lipinski definition) is 2. The van der Waals surface area contributed by atoms with E-state index in [0.29, 0.717) is 6.61 Å². The van der Waals surface area contributed by atoms with Crippen LogP contribution in [0.15, 0.2) is 29.3 Å². The SMILES string of the molecule is C#CCOc1ccc(CCNC(=NCCCN2CCOCC2)NCC)cc1.I. The van der Waals surface area contributed by atoms with Crippen LogP contribution in [0.25, 0.3) is 0 Å². The van der Waals surface area contributed by atoms with Gasteiger partial charge in [0.25, 0.3) is 0 Å². The molecule has 28 heavy (non-hydrogen) atoms. The zero-order valence-electron chi connectivity index (χ0n) is 16.8. The van der Waals surface area contributed by atoms with Gasteiger partial charge in [-0.2, -0.15) is 0 Å². The highest BCUT2D eigenvalue weighted by Crippen LogP contribution is 2.12. The molecule has 0 aromatic heterocycles. The third-order valence-electron chi connectivity index (χ3n) is 4.30. The van der Waals surface area contributed by atoms with E-state index in [4.69, 9.17) is 15.9 Å². The fourth-order valence-corrected chi connectivity index (χ4v) is 2.85. The molecule has 156 valence electrons. The standard InChI is InChI=1S/C21H32N4O2.HI/c1-3-16-27-20-8-6-19(7-9-20)10-12-24-21(22-4-2)23-11-5-13-25-14-17-26-18-15-25;/h1,6-9H,4-5,10-18H2,2H3,(H2,22,23,24);1H. The first-order chi connectivity index (χ1) is 13.3. The number of halogens is 1. The quantitative estimate of drug-likeness (QED) is 0.170.